The number of aliphatic hydroxyl groups excluding tert-OH is 1. The van der Waals surface area contributed by atoms with Crippen LogP contribution in [0.3, 0.4) is 0 Å². The normalized spacial score (nSPS) is 33.3. The van der Waals surface area contributed by atoms with Crippen LogP contribution in [0.5, 0.6) is 0 Å². The number of likely N-dealkylation sites (tertiary alicyclic amines) is 1. The molecule has 2 fully saturated rings. The predicted octanol–water partition coefficient (Wildman–Crippen LogP) is 2.07. The van der Waals surface area contributed by atoms with Gasteiger partial charge in [-0.3, -0.25) is 4.90 Å². The van der Waals surface area contributed by atoms with Gasteiger partial charge in [0.1, 0.15) is 11.5 Å². The highest BCUT2D eigenvalue weighted by Crippen LogP contribution is 2.42. The molecule has 2 heterocycles. The summed E-state index contributed by atoms with van der Waals surface area (Å²) in [4.78, 5) is 2.43. The summed E-state index contributed by atoms with van der Waals surface area (Å²) in [6, 6.07) is 4.29. The minimum atomic E-state index is -0.123. The van der Waals surface area contributed by atoms with Crippen molar-refractivity contribution < 1.29 is 9.52 Å². The standard InChI is InChI=1S/C16H26N2O2/c1-3-13(17)16(15-7-4-10(2)20-15)18-8-11-5-6-14(19)12(11)9-18/h4,7,11-14,16,19H,3,5-6,8-9,17H2,1-2H3. The third-order valence-electron chi connectivity index (χ3n) is 5.17. The van der Waals surface area contributed by atoms with Gasteiger partial charge >= 0.3 is 0 Å². The summed E-state index contributed by atoms with van der Waals surface area (Å²) in [6.07, 6.45) is 2.92. The second-order valence-corrected chi connectivity index (χ2v) is 6.49. The number of hydrogen-bond donors (Lipinski definition) is 2. The smallest absolute Gasteiger partial charge is 0.122 e. The average Bonchev–Trinajstić information content (AvgIpc) is 3.10. The summed E-state index contributed by atoms with van der Waals surface area (Å²) in [5.41, 5.74) is 6.36. The zero-order valence-electron chi connectivity index (χ0n) is 12.5. The van der Waals surface area contributed by atoms with Crippen LogP contribution in [0.15, 0.2) is 16.5 Å². The van der Waals surface area contributed by atoms with E-state index in [4.69, 9.17) is 10.2 Å². The molecule has 3 N–H and O–H groups in total. The fourth-order valence-electron chi connectivity index (χ4n) is 4.00. The summed E-state index contributed by atoms with van der Waals surface area (Å²) in [7, 11) is 0. The summed E-state index contributed by atoms with van der Waals surface area (Å²) in [5.74, 6) is 2.98. The van der Waals surface area contributed by atoms with Gasteiger partial charge < -0.3 is 15.3 Å². The van der Waals surface area contributed by atoms with E-state index in [0.29, 0.717) is 11.8 Å². The molecule has 1 aromatic rings. The lowest BCUT2D eigenvalue weighted by molar-refractivity contribution is 0.109. The molecule has 4 nitrogen and oxygen atoms in total. The highest BCUT2D eigenvalue weighted by Gasteiger charge is 2.45. The molecule has 0 aromatic carbocycles. The lowest BCUT2D eigenvalue weighted by Crippen LogP contribution is -2.40. The number of aliphatic hydroxyl groups is 1. The number of furan rings is 1. The van der Waals surface area contributed by atoms with Gasteiger partial charge in [-0.05, 0) is 44.2 Å². The van der Waals surface area contributed by atoms with E-state index in [1.807, 2.05) is 13.0 Å². The summed E-state index contributed by atoms with van der Waals surface area (Å²) >= 11 is 0. The number of fused-ring (bicyclic) bond motifs is 1. The van der Waals surface area contributed by atoms with Gasteiger partial charge in [0.15, 0.2) is 0 Å². The first-order valence-electron chi connectivity index (χ1n) is 7.84. The number of nitrogens with zero attached hydrogens (tertiary/aromatic N) is 1. The molecule has 4 heteroatoms. The highest BCUT2D eigenvalue weighted by atomic mass is 16.3. The topological polar surface area (TPSA) is 62.6 Å². The maximum atomic E-state index is 10.1. The zero-order valence-corrected chi connectivity index (χ0v) is 12.5. The van der Waals surface area contributed by atoms with Gasteiger partial charge in [0, 0.05) is 25.0 Å². The van der Waals surface area contributed by atoms with Gasteiger partial charge in [-0.2, -0.15) is 0 Å². The Hall–Kier alpha value is -0.840. The molecule has 1 saturated heterocycles. The Kier molecular flexibility index (Phi) is 3.89. The Labute approximate surface area is 120 Å². The Morgan fingerprint density at radius 3 is 2.80 bits per heavy atom. The molecule has 5 atom stereocenters. The largest absolute Gasteiger partial charge is 0.465 e. The van der Waals surface area contributed by atoms with Crippen LogP contribution in [0, 0.1) is 18.8 Å². The van der Waals surface area contributed by atoms with Gasteiger partial charge in [0.2, 0.25) is 0 Å². The number of nitrogens with two attached hydrogens (primary N) is 1. The minimum absolute atomic E-state index is 0.0801. The van der Waals surface area contributed by atoms with E-state index >= 15 is 0 Å². The third kappa shape index (κ3) is 2.41. The molecule has 1 aliphatic heterocycles. The van der Waals surface area contributed by atoms with Crippen LogP contribution < -0.4 is 5.73 Å². The number of rotatable bonds is 4. The fourth-order valence-corrected chi connectivity index (χ4v) is 4.00. The molecule has 0 bridgehead atoms. The maximum absolute atomic E-state index is 10.1. The van der Waals surface area contributed by atoms with Crippen molar-refractivity contribution in [3.05, 3.63) is 23.7 Å². The summed E-state index contributed by atoms with van der Waals surface area (Å²) in [6.45, 7) is 6.09. The molecule has 1 saturated carbocycles. The summed E-state index contributed by atoms with van der Waals surface area (Å²) in [5, 5.41) is 10.1. The van der Waals surface area contributed by atoms with Crippen molar-refractivity contribution in [2.24, 2.45) is 17.6 Å². The van der Waals surface area contributed by atoms with Crippen LogP contribution in [0.25, 0.3) is 0 Å². The van der Waals surface area contributed by atoms with Gasteiger partial charge in [-0.1, -0.05) is 6.92 Å². The van der Waals surface area contributed by atoms with E-state index in [2.05, 4.69) is 17.9 Å². The first-order chi connectivity index (χ1) is 9.60. The molecule has 3 rings (SSSR count). The highest BCUT2D eigenvalue weighted by molar-refractivity contribution is 5.13. The zero-order chi connectivity index (χ0) is 14.3. The second kappa shape index (κ2) is 5.51. The van der Waals surface area contributed by atoms with Gasteiger partial charge in [-0.25, -0.2) is 0 Å². The van der Waals surface area contributed by atoms with Crippen LogP contribution in [0.4, 0.5) is 0 Å². The van der Waals surface area contributed by atoms with E-state index < -0.39 is 0 Å². The van der Waals surface area contributed by atoms with Crippen LogP contribution in [-0.2, 0) is 0 Å². The number of aryl methyl sites for hydroxylation is 1. The number of hydrogen-bond acceptors (Lipinski definition) is 4. The molecular formula is C16H26N2O2. The molecule has 0 amide bonds. The Morgan fingerprint density at radius 1 is 1.40 bits per heavy atom. The van der Waals surface area contributed by atoms with E-state index in [0.717, 1.165) is 43.9 Å². The van der Waals surface area contributed by atoms with Crippen molar-refractivity contribution in [2.45, 2.75) is 51.3 Å². The van der Waals surface area contributed by atoms with E-state index in [1.54, 1.807) is 0 Å². The third-order valence-corrected chi connectivity index (χ3v) is 5.17. The summed E-state index contributed by atoms with van der Waals surface area (Å²) < 4.78 is 5.85. The molecule has 2 aliphatic rings. The predicted molar refractivity (Wildman–Crippen MR) is 78.2 cm³/mol. The van der Waals surface area contributed by atoms with Crippen molar-refractivity contribution in [1.82, 2.24) is 4.90 Å². The fraction of sp³-hybridized carbons (Fsp3) is 0.750. The van der Waals surface area contributed by atoms with E-state index in [9.17, 15) is 5.11 Å². The van der Waals surface area contributed by atoms with Crippen molar-refractivity contribution in [3.63, 3.8) is 0 Å². The van der Waals surface area contributed by atoms with Crippen molar-refractivity contribution >= 4 is 0 Å². The molecule has 112 valence electrons. The van der Waals surface area contributed by atoms with Gasteiger partial charge in [0.25, 0.3) is 0 Å². The SMILES string of the molecule is CCC(N)C(c1ccc(C)o1)N1CC2CCC(O)C2C1. The van der Waals surface area contributed by atoms with Crippen molar-refractivity contribution in [1.29, 1.82) is 0 Å². The lowest BCUT2D eigenvalue weighted by atomic mass is 9.99. The van der Waals surface area contributed by atoms with Gasteiger partial charge in [0.05, 0.1) is 12.1 Å². The Morgan fingerprint density at radius 2 is 2.20 bits per heavy atom. The Bertz CT molecular complexity index is 459. The monoisotopic (exact) mass is 278 g/mol. The van der Waals surface area contributed by atoms with E-state index in [-0.39, 0.29) is 18.2 Å². The van der Waals surface area contributed by atoms with Crippen LogP contribution in [-0.4, -0.2) is 35.2 Å². The maximum Gasteiger partial charge on any atom is 0.122 e. The van der Waals surface area contributed by atoms with E-state index in [1.165, 1.54) is 0 Å². The van der Waals surface area contributed by atoms with Gasteiger partial charge in [-0.15, -0.1) is 0 Å². The quantitative estimate of drug-likeness (QED) is 0.885. The average molecular weight is 278 g/mol. The second-order valence-electron chi connectivity index (χ2n) is 6.49. The van der Waals surface area contributed by atoms with Crippen molar-refractivity contribution in [3.8, 4) is 0 Å². The first-order valence-corrected chi connectivity index (χ1v) is 7.84. The minimum Gasteiger partial charge on any atom is -0.465 e. The van der Waals surface area contributed by atoms with Crippen LogP contribution in [0.1, 0.15) is 43.7 Å². The molecule has 20 heavy (non-hydrogen) atoms. The molecule has 5 unspecified atom stereocenters. The van der Waals surface area contributed by atoms with Crippen molar-refractivity contribution in [2.75, 3.05) is 13.1 Å². The molecular weight excluding hydrogens is 252 g/mol. The molecule has 0 radical (unpaired) electrons. The van der Waals surface area contributed by atoms with Crippen LogP contribution >= 0.6 is 0 Å². The lowest BCUT2D eigenvalue weighted by Gasteiger charge is -2.31. The molecule has 1 aromatic heterocycles. The Balaban J connectivity index is 1.80. The molecule has 0 spiro atoms. The molecule has 1 aliphatic carbocycles. The first kappa shape index (κ1) is 14.1. The van der Waals surface area contributed by atoms with Crippen LogP contribution in [0.2, 0.25) is 0 Å².